The van der Waals surface area contributed by atoms with Gasteiger partial charge in [0.1, 0.15) is 18.1 Å². The van der Waals surface area contributed by atoms with Gasteiger partial charge in [-0.05, 0) is 74.7 Å². The molecule has 0 unspecified atom stereocenters. The lowest BCUT2D eigenvalue weighted by Gasteiger charge is -2.31. The Hall–Kier alpha value is -2.28. The fraction of sp³-hybridized carbons (Fsp3) is 0.500. The Balaban J connectivity index is 1.31. The van der Waals surface area contributed by atoms with Crippen LogP contribution in [0.1, 0.15) is 36.8 Å². The summed E-state index contributed by atoms with van der Waals surface area (Å²) in [7, 11) is 2.15. The van der Waals surface area contributed by atoms with E-state index in [1.54, 1.807) is 6.07 Å². The Kier molecular flexibility index (Phi) is 10.3. The number of nitrogens with one attached hydrogen (secondary N) is 1. The average Bonchev–Trinajstić information content (AvgIpc) is 2.82. The van der Waals surface area contributed by atoms with Crippen molar-refractivity contribution in [2.45, 2.75) is 45.2 Å². The zero-order valence-corrected chi connectivity index (χ0v) is 20.4. The van der Waals surface area contributed by atoms with Gasteiger partial charge >= 0.3 is 0 Å². The predicted molar refractivity (Wildman–Crippen MR) is 131 cm³/mol. The third-order valence-corrected chi connectivity index (χ3v) is 6.09. The SMILES string of the molecule is Cc1cc(Cl)ccc1OCCCC(=O)NCc1cccc(OCCN(C)C2CCOCC2)c1. The number of amides is 1. The van der Waals surface area contributed by atoms with E-state index in [4.69, 9.17) is 25.8 Å². The Bertz CT molecular complexity index is 886. The van der Waals surface area contributed by atoms with Crippen LogP contribution in [0.5, 0.6) is 11.5 Å². The van der Waals surface area contributed by atoms with E-state index in [0.29, 0.717) is 43.7 Å². The number of halogens is 1. The Labute approximate surface area is 202 Å². The van der Waals surface area contributed by atoms with Gasteiger partial charge in [0.25, 0.3) is 0 Å². The highest BCUT2D eigenvalue weighted by Gasteiger charge is 2.18. The van der Waals surface area contributed by atoms with E-state index in [1.165, 1.54) is 0 Å². The molecule has 1 heterocycles. The molecule has 1 saturated heterocycles. The molecule has 33 heavy (non-hydrogen) atoms. The lowest BCUT2D eigenvalue weighted by Crippen LogP contribution is -2.38. The van der Waals surface area contributed by atoms with Crippen LogP contribution in [0, 0.1) is 6.92 Å². The highest BCUT2D eigenvalue weighted by atomic mass is 35.5. The van der Waals surface area contributed by atoms with Crippen molar-refractivity contribution in [1.82, 2.24) is 10.2 Å². The van der Waals surface area contributed by atoms with Crippen molar-refractivity contribution in [3.8, 4) is 11.5 Å². The Morgan fingerprint density at radius 1 is 1.15 bits per heavy atom. The highest BCUT2D eigenvalue weighted by Crippen LogP contribution is 2.22. The maximum Gasteiger partial charge on any atom is 0.220 e. The second-order valence-electron chi connectivity index (χ2n) is 8.46. The first-order chi connectivity index (χ1) is 16.0. The van der Waals surface area contributed by atoms with E-state index < -0.39 is 0 Å². The van der Waals surface area contributed by atoms with Crippen LogP contribution in [-0.4, -0.2) is 56.9 Å². The number of hydrogen-bond acceptors (Lipinski definition) is 5. The van der Waals surface area contributed by atoms with Crippen LogP contribution in [-0.2, 0) is 16.1 Å². The number of carbonyl (C=O) groups is 1. The number of carbonyl (C=O) groups excluding carboxylic acids is 1. The number of hydrogen-bond donors (Lipinski definition) is 1. The van der Waals surface area contributed by atoms with Crippen molar-refractivity contribution in [1.29, 1.82) is 0 Å². The van der Waals surface area contributed by atoms with Gasteiger partial charge in [0.05, 0.1) is 6.61 Å². The van der Waals surface area contributed by atoms with Crippen LogP contribution < -0.4 is 14.8 Å². The van der Waals surface area contributed by atoms with Gasteiger partial charge in [-0.2, -0.15) is 0 Å². The number of aryl methyl sites for hydroxylation is 1. The van der Waals surface area contributed by atoms with Crippen molar-refractivity contribution in [2.75, 3.05) is 40.0 Å². The molecule has 180 valence electrons. The molecule has 1 N–H and O–H groups in total. The summed E-state index contributed by atoms with van der Waals surface area (Å²) < 4.78 is 17.1. The molecule has 2 aromatic carbocycles. The molecule has 6 nitrogen and oxygen atoms in total. The minimum absolute atomic E-state index is 0.0100. The third-order valence-electron chi connectivity index (χ3n) is 5.86. The molecule has 0 aromatic heterocycles. The molecule has 1 amide bonds. The average molecular weight is 475 g/mol. The van der Waals surface area contributed by atoms with Crippen molar-refractivity contribution >= 4 is 17.5 Å². The Morgan fingerprint density at radius 3 is 2.76 bits per heavy atom. The molecule has 2 aromatic rings. The Morgan fingerprint density at radius 2 is 1.97 bits per heavy atom. The summed E-state index contributed by atoms with van der Waals surface area (Å²) in [4.78, 5) is 14.5. The van der Waals surface area contributed by atoms with Gasteiger partial charge in [0.2, 0.25) is 5.91 Å². The maximum atomic E-state index is 12.2. The molecule has 7 heteroatoms. The first-order valence-corrected chi connectivity index (χ1v) is 12.0. The van der Waals surface area contributed by atoms with Crippen molar-refractivity contribution < 1.29 is 19.0 Å². The fourth-order valence-corrected chi connectivity index (χ4v) is 4.07. The van der Waals surface area contributed by atoms with Gasteiger partial charge in [-0.3, -0.25) is 9.69 Å². The maximum absolute atomic E-state index is 12.2. The van der Waals surface area contributed by atoms with E-state index in [0.717, 1.165) is 55.2 Å². The standard InChI is InChI=1S/C26H35ClN2O4/c1-20-17-22(27)8-9-25(20)33-13-4-7-26(30)28-19-21-5-3-6-24(18-21)32-16-12-29(2)23-10-14-31-15-11-23/h3,5-6,8-9,17-18,23H,4,7,10-16,19H2,1-2H3,(H,28,30). The normalized spacial score (nSPS) is 14.3. The van der Waals surface area contributed by atoms with Crippen LogP contribution in [0.4, 0.5) is 0 Å². The summed E-state index contributed by atoms with van der Waals surface area (Å²) >= 11 is 5.96. The van der Waals surface area contributed by atoms with Crippen molar-refractivity contribution in [2.24, 2.45) is 0 Å². The lowest BCUT2D eigenvalue weighted by molar-refractivity contribution is -0.121. The zero-order valence-electron chi connectivity index (χ0n) is 19.6. The molecule has 0 atom stereocenters. The fourth-order valence-electron chi connectivity index (χ4n) is 3.84. The molecule has 3 rings (SSSR count). The topological polar surface area (TPSA) is 60.0 Å². The van der Waals surface area contributed by atoms with Gasteiger partial charge < -0.3 is 19.5 Å². The highest BCUT2D eigenvalue weighted by molar-refractivity contribution is 6.30. The van der Waals surface area contributed by atoms with Gasteiger partial charge in [0.15, 0.2) is 0 Å². The van der Waals surface area contributed by atoms with Crippen LogP contribution in [0.2, 0.25) is 5.02 Å². The molecular formula is C26H35ClN2O4. The second kappa shape index (κ2) is 13.4. The zero-order chi connectivity index (χ0) is 23.5. The molecule has 0 aliphatic carbocycles. The summed E-state index contributed by atoms with van der Waals surface area (Å²) in [5, 5.41) is 3.66. The smallest absolute Gasteiger partial charge is 0.220 e. The third kappa shape index (κ3) is 8.88. The summed E-state index contributed by atoms with van der Waals surface area (Å²) in [5.41, 5.74) is 2.01. The van der Waals surface area contributed by atoms with Gasteiger partial charge in [0, 0.05) is 43.8 Å². The van der Waals surface area contributed by atoms with Crippen LogP contribution >= 0.6 is 11.6 Å². The molecule has 1 aliphatic rings. The molecule has 0 radical (unpaired) electrons. The van der Waals surface area contributed by atoms with E-state index in [1.807, 2.05) is 43.3 Å². The first kappa shape index (κ1) is 25.3. The van der Waals surface area contributed by atoms with E-state index in [2.05, 4.69) is 17.3 Å². The van der Waals surface area contributed by atoms with E-state index in [9.17, 15) is 4.79 Å². The van der Waals surface area contributed by atoms with Gasteiger partial charge in [-0.25, -0.2) is 0 Å². The first-order valence-electron chi connectivity index (χ1n) is 11.7. The monoisotopic (exact) mass is 474 g/mol. The van der Waals surface area contributed by atoms with Crippen molar-refractivity contribution in [3.05, 3.63) is 58.6 Å². The number of benzene rings is 2. The second-order valence-corrected chi connectivity index (χ2v) is 8.90. The summed E-state index contributed by atoms with van der Waals surface area (Å²) in [6, 6.07) is 14.0. The lowest BCUT2D eigenvalue weighted by atomic mass is 10.1. The quantitative estimate of drug-likeness (QED) is 0.455. The minimum atomic E-state index is 0.0100. The molecule has 1 aliphatic heterocycles. The number of ether oxygens (including phenoxy) is 3. The molecular weight excluding hydrogens is 440 g/mol. The van der Waals surface area contributed by atoms with E-state index in [-0.39, 0.29) is 5.91 Å². The molecule has 0 spiro atoms. The summed E-state index contributed by atoms with van der Waals surface area (Å²) in [6.07, 6.45) is 3.23. The number of rotatable bonds is 12. The molecule has 1 fully saturated rings. The van der Waals surface area contributed by atoms with Gasteiger partial charge in [-0.15, -0.1) is 0 Å². The summed E-state index contributed by atoms with van der Waals surface area (Å²) in [6.45, 7) is 6.13. The minimum Gasteiger partial charge on any atom is -0.493 e. The van der Waals surface area contributed by atoms with E-state index >= 15 is 0 Å². The van der Waals surface area contributed by atoms with Crippen LogP contribution in [0.3, 0.4) is 0 Å². The predicted octanol–water partition coefficient (Wildman–Crippen LogP) is 4.61. The van der Waals surface area contributed by atoms with Crippen molar-refractivity contribution in [3.63, 3.8) is 0 Å². The largest absolute Gasteiger partial charge is 0.493 e. The molecule has 0 bridgehead atoms. The summed E-state index contributed by atoms with van der Waals surface area (Å²) in [5.74, 6) is 1.64. The number of likely N-dealkylation sites (N-methyl/N-ethyl adjacent to an activating group) is 1. The number of nitrogens with zero attached hydrogens (tertiary/aromatic N) is 1. The van der Waals surface area contributed by atoms with Gasteiger partial charge in [-0.1, -0.05) is 23.7 Å². The van der Waals surface area contributed by atoms with Crippen LogP contribution in [0.15, 0.2) is 42.5 Å². The van der Waals surface area contributed by atoms with Crippen LogP contribution in [0.25, 0.3) is 0 Å². The molecule has 0 saturated carbocycles.